The van der Waals surface area contributed by atoms with E-state index in [2.05, 4.69) is 0 Å². The number of halogens is 2. The van der Waals surface area contributed by atoms with Crippen LogP contribution in [0.3, 0.4) is 0 Å². The Morgan fingerprint density at radius 3 is 2.04 bits per heavy atom. The number of rotatable bonds is 5. The van der Waals surface area contributed by atoms with E-state index in [4.69, 9.17) is 42.1 Å². The van der Waals surface area contributed by atoms with Gasteiger partial charge in [0.1, 0.15) is 24.4 Å². The highest BCUT2D eigenvalue weighted by Crippen LogP contribution is 2.45. The van der Waals surface area contributed by atoms with Crippen LogP contribution in [-0.2, 0) is 29.4 Å². The van der Waals surface area contributed by atoms with Crippen LogP contribution in [-0.4, -0.2) is 47.8 Å². The molecule has 2 heterocycles. The molecule has 2 N–H and O–H groups in total. The van der Waals surface area contributed by atoms with Crippen molar-refractivity contribution in [2.75, 3.05) is 13.2 Å². The molecule has 8 heteroatoms. The van der Waals surface area contributed by atoms with E-state index >= 15 is 0 Å². The first kappa shape index (κ1) is 20.1. The molecule has 2 aromatic rings. The van der Waals surface area contributed by atoms with Gasteiger partial charge in [0.05, 0.1) is 13.2 Å². The normalized spacial score (nSPS) is 36.5. The molecule has 2 aliphatic rings. The van der Waals surface area contributed by atoms with E-state index in [1.807, 2.05) is 24.3 Å². The molecule has 2 saturated heterocycles. The molecule has 6 nitrogen and oxygen atoms in total. The van der Waals surface area contributed by atoms with Gasteiger partial charge in [-0.1, -0.05) is 83.9 Å². The molecule has 0 bridgehead atoms. The molecule has 2 aromatic carbocycles. The molecule has 0 amide bonds. The van der Waals surface area contributed by atoms with Crippen LogP contribution in [0.1, 0.15) is 11.1 Å². The third kappa shape index (κ3) is 3.67. The van der Waals surface area contributed by atoms with Crippen LogP contribution < -0.4 is 0 Å². The Balaban J connectivity index is 1.51. The van der Waals surface area contributed by atoms with Gasteiger partial charge in [-0.3, -0.25) is 0 Å². The highest BCUT2D eigenvalue weighted by Gasteiger charge is 2.54. The lowest BCUT2D eigenvalue weighted by atomic mass is 10.0. The summed E-state index contributed by atoms with van der Waals surface area (Å²) < 4.78 is 23.0. The van der Waals surface area contributed by atoms with Gasteiger partial charge in [-0.15, -0.1) is 0 Å². The number of hydrogen-bond donors (Lipinski definition) is 2. The van der Waals surface area contributed by atoms with Crippen molar-refractivity contribution in [3.05, 3.63) is 71.8 Å². The molecule has 2 aliphatic heterocycles. The maximum Gasteiger partial charge on any atom is 0.277 e. The van der Waals surface area contributed by atoms with Gasteiger partial charge in [0, 0.05) is 11.1 Å². The Morgan fingerprint density at radius 1 is 0.893 bits per heavy atom. The van der Waals surface area contributed by atoms with Crippen molar-refractivity contribution in [1.29, 1.82) is 0 Å². The topological polar surface area (TPSA) is 77.4 Å². The Bertz CT molecular complexity index is 794. The molecule has 0 saturated carbocycles. The monoisotopic (exact) mass is 426 g/mol. The van der Waals surface area contributed by atoms with E-state index < -0.39 is 34.9 Å². The predicted molar refractivity (Wildman–Crippen MR) is 102 cm³/mol. The zero-order valence-corrected chi connectivity index (χ0v) is 16.3. The summed E-state index contributed by atoms with van der Waals surface area (Å²) >= 11 is 13.0. The lowest BCUT2D eigenvalue weighted by Gasteiger charge is -2.27. The Morgan fingerprint density at radius 2 is 1.46 bits per heavy atom. The van der Waals surface area contributed by atoms with Gasteiger partial charge < -0.3 is 29.2 Å². The number of aliphatic hydroxyl groups is 2. The second-order valence-electron chi connectivity index (χ2n) is 6.68. The maximum absolute atomic E-state index is 10.9. The fourth-order valence-corrected chi connectivity index (χ4v) is 4.01. The fraction of sp³-hybridized carbons (Fsp3) is 0.400. The number of hydrogen-bond acceptors (Lipinski definition) is 6. The Kier molecular flexibility index (Phi) is 5.66. The third-order valence-electron chi connectivity index (χ3n) is 4.83. The SMILES string of the molecule is OC[C@H]1OC(Cl)(c2ccccc2)O[C@@H]1[C@@H](O)[C@@H]1COC(Cl)(c2ccccc2)O1. The van der Waals surface area contributed by atoms with Crippen molar-refractivity contribution in [3.63, 3.8) is 0 Å². The summed E-state index contributed by atoms with van der Waals surface area (Å²) in [5.41, 5.74) is 1.18. The summed E-state index contributed by atoms with van der Waals surface area (Å²) in [7, 11) is 0. The molecule has 28 heavy (non-hydrogen) atoms. The summed E-state index contributed by atoms with van der Waals surface area (Å²) in [5.74, 6) is 0. The zero-order valence-electron chi connectivity index (χ0n) is 14.8. The van der Waals surface area contributed by atoms with E-state index in [-0.39, 0.29) is 13.2 Å². The van der Waals surface area contributed by atoms with Crippen LogP contribution in [0.15, 0.2) is 60.7 Å². The first-order valence-corrected chi connectivity index (χ1v) is 9.66. The summed E-state index contributed by atoms with van der Waals surface area (Å²) in [4.78, 5) is 0. The van der Waals surface area contributed by atoms with Gasteiger partial charge in [0.15, 0.2) is 0 Å². The van der Waals surface area contributed by atoms with E-state index in [1.165, 1.54) is 0 Å². The van der Waals surface area contributed by atoms with Gasteiger partial charge in [0.2, 0.25) is 0 Å². The van der Waals surface area contributed by atoms with Crippen molar-refractivity contribution < 1.29 is 29.2 Å². The quantitative estimate of drug-likeness (QED) is 0.715. The number of benzene rings is 2. The molecular formula is C20H20Cl2O6. The van der Waals surface area contributed by atoms with Crippen LogP contribution in [0.25, 0.3) is 0 Å². The Labute approximate surface area is 172 Å². The van der Waals surface area contributed by atoms with Crippen molar-refractivity contribution >= 4 is 23.2 Å². The predicted octanol–water partition coefficient (Wildman–Crippen LogP) is 2.64. The lowest BCUT2D eigenvalue weighted by molar-refractivity contribution is -0.154. The molecule has 0 spiro atoms. The van der Waals surface area contributed by atoms with Crippen LogP contribution in [0.2, 0.25) is 0 Å². The first-order valence-electron chi connectivity index (χ1n) is 8.90. The third-order valence-corrected chi connectivity index (χ3v) is 5.64. The average Bonchev–Trinajstić information content (AvgIpc) is 3.31. The van der Waals surface area contributed by atoms with E-state index in [0.29, 0.717) is 11.1 Å². The van der Waals surface area contributed by atoms with Crippen molar-refractivity contribution in [1.82, 2.24) is 0 Å². The molecule has 150 valence electrons. The Hall–Kier alpha value is -1.22. The standard InChI is InChI=1S/C20H20Cl2O6/c21-19(13-7-3-1-4-8-13)25-12-16(27-19)17(24)18-15(11-23)26-20(22,28-18)14-9-5-2-6-10-14/h1-10,15-18,23-24H,11-12H2/t15-,16+,17+,18+,19?,20?/m1/s1. The minimum atomic E-state index is -1.61. The molecule has 2 fully saturated rings. The largest absolute Gasteiger partial charge is 0.394 e. The van der Waals surface area contributed by atoms with E-state index in [1.54, 1.807) is 36.4 Å². The first-order chi connectivity index (χ1) is 13.5. The number of alkyl halides is 2. The van der Waals surface area contributed by atoms with Crippen LogP contribution in [0.5, 0.6) is 0 Å². The molecule has 2 unspecified atom stereocenters. The summed E-state index contributed by atoms with van der Waals surface area (Å²) in [6.07, 6.45) is -3.77. The van der Waals surface area contributed by atoms with Crippen LogP contribution >= 0.6 is 23.2 Å². The highest BCUT2D eigenvalue weighted by molar-refractivity contribution is 6.22. The van der Waals surface area contributed by atoms with Crippen molar-refractivity contribution in [2.24, 2.45) is 0 Å². The molecule has 0 aliphatic carbocycles. The summed E-state index contributed by atoms with van der Waals surface area (Å²) in [5, 5.41) is 17.5. The summed E-state index contributed by atoms with van der Waals surface area (Å²) in [6.45, 7) is -0.348. The van der Waals surface area contributed by atoms with Crippen LogP contribution in [0.4, 0.5) is 0 Å². The summed E-state index contributed by atoms with van der Waals surface area (Å²) in [6, 6.07) is 17.9. The number of aliphatic hydroxyl groups excluding tert-OH is 2. The fourth-order valence-electron chi connectivity index (χ4n) is 3.37. The van der Waals surface area contributed by atoms with E-state index in [0.717, 1.165) is 0 Å². The molecule has 0 radical (unpaired) electrons. The highest BCUT2D eigenvalue weighted by atomic mass is 35.5. The lowest BCUT2D eigenvalue weighted by Crippen LogP contribution is -2.45. The van der Waals surface area contributed by atoms with Gasteiger partial charge in [-0.25, -0.2) is 0 Å². The number of ether oxygens (including phenoxy) is 4. The smallest absolute Gasteiger partial charge is 0.277 e. The second kappa shape index (κ2) is 7.89. The van der Waals surface area contributed by atoms with Crippen LogP contribution in [0, 0.1) is 0 Å². The van der Waals surface area contributed by atoms with Gasteiger partial charge in [-0.05, 0) is 0 Å². The molecule has 0 aromatic heterocycles. The minimum Gasteiger partial charge on any atom is -0.394 e. The van der Waals surface area contributed by atoms with Gasteiger partial charge in [-0.2, -0.15) is 0 Å². The maximum atomic E-state index is 10.9. The second-order valence-corrected chi connectivity index (χ2v) is 7.68. The molecule has 4 rings (SSSR count). The zero-order chi connectivity index (χ0) is 19.8. The average molecular weight is 427 g/mol. The molecular weight excluding hydrogens is 407 g/mol. The molecule has 6 atom stereocenters. The minimum absolute atomic E-state index is 0.0399. The van der Waals surface area contributed by atoms with Gasteiger partial charge >= 0.3 is 0 Å². The van der Waals surface area contributed by atoms with Crippen molar-refractivity contribution in [2.45, 2.75) is 34.9 Å². The van der Waals surface area contributed by atoms with Gasteiger partial charge in [0.25, 0.3) is 10.5 Å². The van der Waals surface area contributed by atoms with Crippen molar-refractivity contribution in [3.8, 4) is 0 Å². The van der Waals surface area contributed by atoms with E-state index in [9.17, 15) is 10.2 Å².